The number of halogens is 2. The average Bonchev–Trinajstić information content (AvgIpc) is 3.75. The van der Waals surface area contributed by atoms with Crippen LogP contribution < -0.4 is 5.69 Å². The molecule has 2 bridgehead atoms. The molecule has 14 nitrogen and oxygen atoms in total. The van der Waals surface area contributed by atoms with E-state index in [0.717, 1.165) is 47.8 Å². The maximum absolute atomic E-state index is 16.2. The van der Waals surface area contributed by atoms with E-state index in [4.69, 9.17) is 14.7 Å². The van der Waals surface area contributed by atoms with Crippen molar-refractivity contribution < 1.29 is 27.9 Å². The number of hydrogen-bond acceptors (Lipinski definition) is 8. The van der Waals surface area contributed by atoms with E-state index in [1.165, 1.54) is 27.0 Å². The summed E-state index contributed by atoms with van der Waals surface area (Å²) in [6.45, 7) is 7.05. The fraction of sp³-hybridized carbons (Fsp3) is 0.412. The summed E-state index contributed by atoms with van der Waals surface area (Å²) in [4.78, 5) is 50.5. The van der Waals surface area contributed by atoms with Crippen molar-refractivity contribution in [2.75, 3.05) is 6.61 Å². The van der Waals surface area contributed by atoms with Gasteiger partial charge < -0.3 is 19.0 Å². The molecule has 16 heteroatoms. The molecular formula is C51H49F2N9O5. The lowest BCUT2D eigenvalue weighted by molar-refractivity contribution is -0.140. The summed E-state index contributed by atoms with van der Waals surface area (Å²) < 4.78 is 45.8. The summed E-state index contributed by atoms with van der Waals surface area (Å²) in [6, 6.07) is 16.1. The van der Waals surface area contributed by atoms with Gasteiger partial charge in [-0.25, -0.2) is 23.1 Å². The van der Waals surface area contributed by atoms with Gasteiger partial charge in [0.15, 0.2) is 5.82 Å². The number of ether oxygens (including phenoxy) is 1. The number of carbonyl (C=O) groups excluding carboxylic acids is 2. The molecule has 6 aliphatic rings. The summed E-state index contributed by atoms with van der Waals surface area (Å²) in [5.74, 6) is -0.554. The van der Waals surface area contributed by atoms with E-state index < -0.39 is 29.1 Å². The van der Waals surface area contributed by atoms with E-state index >= 15 is 13.6 Å². The van der Waals surface area contributed by atoms with Crippen LogP contribution in [-0.4, -0.2) is 74.0 Å². The topological polar surface area (TPSA) is 136 Å². The molecule has 7 aromatic rings. The Bertz CT molecular complexity index is 3390. The molecule has 4 fully saturated rings. The van der Waals surface area contributed by atoms with E-state index in [1.807, 2.05) is 17.0 Å². The van der Waals surface area contributed by atoms with Crippen LogP contribution in [0.15, 0.2) is 83.1 Å². The third-order valence-electron chi connectivity index (χ3n) is 15.8. The first-order chi connectivity index (χ1) is 32.3. The molecule has 0 N–H and O–H groups in total. The van der Waals surface area contributed by atoms with Gasteiger partial charge in [-0.3, -0.25) is 18.6 Å². The van der Waals surface area contributed by atoms with E-state index in [0.29, 0.717) is 66.3 Å². The second-order valence-electron chi connectivity index (χ2n) is 20.3. The predicted molar refractivity (Wildman–Crippen MR) is 244 cm³/mol. The van der Waals surface area contributed by atoms with Crippen LogP contribution in [0.5, 0.6) is 0 Å². The summed E-state index contributed by atoms with van der Waals surface area (Å²) in [5, 5.41) is 15.0. The van der Waals surface area contributed by atoms with Crippen LogP contribution in [0.1, 0.15) is 123 Å². The number of amides is 1. The first kappa shape index (κ1) is 40.6. The third-order valence-corrected chi connectivity index (χ3v) is 15.8. The number of aryl methyl sites for hydroxylation is 1. The molecule has 8 heterocycles. The fourth-order valence-electron chi connectivity index (χ4n) is 12.2. The molecule has 2 saturated carbocycles. The molecule has 0 spiro atoms. The third kappa shape index (κ3) is 5.99. The number of benzene rings is 3. The van der Waals surface area contributed by atoms with Crippen molar-refractivity contribution in [3.05, 3.63) is 123 Å². The summed E-state index contributed by atoms with van der Waals surface area (Å²) in [5.41, 5.74) is 5.00. The summed E-state index contributed by atoms with van der Waals surface area (Å²) in [6.07, 6.45) is 10.6. The smallest absolute Gasteiger partial charge is 0.340 e. The van der Waals surface area contributed by atoms with Gasteiger partial charge in [0.2, 0.25) is 0 Å². The van der Waals surface area contributed by atoms with Crippen LogP contribution in [-0.2, 0) is 33.4 Å². The quantitative estimate of drug-likeness (QED) is 0.140. The minimum absolute atomic E-state index is 0.0496. The lowest BCUT2D eigenvalue weighted by Crippen LogP contribution is -2.44. The molecule has 2 saturated heterocycles. The lowest BCUT2D eigenvalue weighted by Gasteiger charge is -2.36. The van der Waals surface area contributed by atoms with E-state index in [-0.39, 0.29) is 58.6 Å². The Kier molecular flexibility index (Phi) is 8.58. The monoisotopic (exact) mass is 905 g/mol. The number of hydrogen-bond donors (Lipinski definition) is 0. The van der Waals surface area contributed by atoms with E-state index in [9.17, 15) is 9.59 Å². The van der Waals surface area contributed by atoms with Crippen LogP contribution in [0.25, 0.3) is 39.0 Å². The van der Waals surface area contributed by atoms with E-state index in [2.05, 4.69) is 53.8 Å². The summed E-state index contributed by atoms with van der Waals surface area (Å²) in [7, 11) is 1.73. The van der Waals surface area contributed by atoms with Crippen LogP contribution >= 0.6 is 0 Å². The minimum atomic E-state index is -0.733. The van der Waals surface area contributed by atoms with Gasteiger partial charge >= 0.3 is 11.7 Å². The number of imidazole rings is 1. The van der Waals surface area contributed by atoms with Gasteiger partial charge in [0, 0.05) is 55.0 Å². The van der Waals surface area contributed by atoms with Crippen LogP contribution in [0.4, 0.5) is 8.78 Å². The molecule has 1 amide bonds. The maximum atomic E-state index is 16.2. The van der Waals surface area contributed by atoms with Crippen molar-refractivity contribution in [1.82, 2.24) is 38.2 Å². The molecule has 2 aliphatic carbocycles. The number of fused-ring (bicyclic) bond motifs is 6. The molecule has 3 aromatic carbocycles. The zero-order chi connectivity index (χ0) is 45.8. The van der Waals surface area contributed by atoms with Crippen molar-refractivity contribution in [2.24, 2.45) is 18.1 Å². The Morgan fingerprint density at radius 3 is 2.46 bits per heavy atom. The van der Waals surface area contributed by atoms with Crippen molar-refractivity contribution in [1.29, 1.82) is 0 Å². The zero-order valence-electron chi connectivity index (χ0n) is 37.7. The van der Waals surface area contributed by atoms with Gasteiger partial charge in [-0.05, 0) is 136 Å². The van der Waals surface area contributed by atoms with Crippen LogP contribution in [0.2, 0.25) is 0 Å². The average molecular weight is 906 g/mol. The summed E-state index contributed by atoms with van der Waals surface area (Å²) >= 11 is 0. The number of rotatable bonds is 8. The van der Waals surface area contributed by atoms with Crippen LogP contribution in [0, 0.1) is 17.6 Å². The van der Waals surface area contributed by atoms with Crippen molar-refractivity contribution in [3.8, 4) is 17.2 Å². The Hall–Kier alpha value is -6.68. The van der Waals surface area contributed by atoms with Gasteiger partial charge in [-0.2, -0.15) is 10.2 Å². The second kappa shape index (κ2) is 14.2. The molecule has 5 atom stereocenters. The zero-order valence-corrected chi connectivity index (χ0v) is 37.7. The lowest BCUT2D eigenvalue weighted by atomic mass is 9.83. The first-order valence-electron chi connectivity index (χ1n) is 23.5. The Morgan fingerprint density at radius 1 is 0.896 bits per heavy atom. The highest BCUT2D eigenvalue weighted by Gasteiger charge is 2.61. The largest absolute Gasteiger partial charge is 0.376 e. The first-order valence-corrected chi connectivity index (χ1v) is 23.5. The van der Waals surface area contributed by atoms with Crippen molar-refractivity contribution >= 4 is 39.4 Å². The van der Waals surface area contributed by atoms with Gasteiger partial charge in [-0.15, -0.1) is 0 Å². The Balaban J connectivity index is 0.964. The Labute approximate surface area is 383 Å². The highest BCUT2D eigenvalue weighted by molar-refractivity contribution is 6.10. The minimum Gasteiger partial charge on any atom is -0.376 e. The number of carbonyl (C=O) groups is 2. The molecule has 13 rings (SSSR count). The SMILES string of the molecule is C[C@H]1C[C@]1(C1=NOC(=O)C1)n1c(C(=O)N2C3CCC2c2c(nn(-c4ccc(F)c(C5CC5)c4)c2-n2ccn(-c4ccc5c(cnn5C)c4F)c2=O)C3)cc2cc([C@H]3CCOC(C)(C)C3)ccc21. The molecule has 67 heavy (non-hydrogen) atoms. The van der Waals surface area contributed by atoms with Gasteiger partial charge in [-0.1, -0.05) is 18.1 Å². The molecular weight excluding hydrogens is 857 g/mol. The normalized spacial score (nSPS) is 25.3. The standard InChI is InChI=1S/C51H49F2N9O5/c1-27-24-51(27,43-23-44(63)67-56-43)61-38-11-7-29(30-15-18-66-50(2,3)25-30)19-31(38)20-42(61)48(64)60-32-9-12-40(60)45-37(22-32)55-62(33-8-10-36(52)34(21-33)28-5-6-28)47(45)59-17-16-58(49(59)65)41-14-13-39-35(46(41)53)26-54-57(39)4/h7-8,10-11,13-14,16-17,19-21,26-28,30,32,40H,5-6,9,12,15,18,22-25H2,1-4H3/t27-,30-,32?,40?,51-/m0/s1. The number of nitrogens with zero attached hydrogens (tertiary/aromatic N) is 9. The van der Waals surface area contributed by atoms with Crippen LogP contribution in [0.3, 0.4) is 0 Å². The van der Waals surface area contributed by atoms with Gasteiger partial charge in [0.05, 0.1) is 63.5 Å². The van der Waals surface area contributed by atoms with Crippen molar-refractivity contribution in [3.63, 3.8) is 0 Å². The van der Waals surface area contributed by atoms with Gasteiger partial charge in [0.25, 0.3) is 5.91 Å². The van der Waals surface area contributed by atoms with E-state index in [1.54, 1.807) is 47.0 Å². The molecule has 4 aliphatic heterocycles. The maximum Gasteiger partial charge on any atom is 0.340 e. The second-order valence-corrected chi connectivity index (χ2v) is 20.3. The molecule has 2 unspecified atom stereocenters. The van der Waals surface area contributed by atoms with Gasteiger partial charge in [0.1, 0.15) is 17.3 Å². The molecule has 0 radical (unpaired) electrons. The number of oxime groups is 1. The van der Waals surface area contributed by atoms with Crippen molar-refractivity contribution in [2.45, 2.75) is 114 Å². The highest BCUT2D eigenvalue weighted by atomic mass is 19.1. The Morgan fingerprint density at radius 2 is 1.70 bits per heavy atom. The number of aromatic nitrogens is 7. The highest BCUT2D eigenvalue weighted by Crippen LogP contribution is 2.56. The molecule has 4 aromatic heterocycles. The fourth-order valence-corrected chi connectivity index (χ4v) is 12.2. The predicted octanol–water partition coefficient (Wildman–Crippen LogP) is 8.42. The molecule has 342 valence electrons.